The van der Waals surface area contributed by atoms with Crippen molar-refractivity contribution in [3.05, 3.63) is 170 Å². The zero-order valence-corrected chi connectivity index (χ0v) is 26.0. The molecule has 0 aliphatic rings. The maximum atomic E-state index is 4.91. The molecule has 0 bridgehead atoms. The fourth-order valence-corrected chi connectivity index (χ4v) is 7.41. The van der Waals surface area contributed by atoms with Gasteiger partial charge in [0.2, 0.25) is 0 Å². The lowest BCUT2D eigenvalue weighted by Gasteiger charge is -2.11. The molecule has 0 aliphatic carbocycles. The van der Waals surface area contributed by atoms with E-state index in [-0.39, 0.29) is 0 Å². The number of hydrogen-bond acceptors (Lipinski definition) is 2. The molecule has 224 valence electrons. The Morgan fingerprint density at radius 2 is 1.04 bits per heavy atom. The van der Waals surface area contributed by atoms with E-state index in [2.05, 4.69) is 166 Å². The summed E-state index contributed by atoms with van der Waals surface area (Å²) in [5, 5.41) is 5.88. The van der Waals surface area contributed by atoms with Gasteiger partial charge in [0, 0.05) is 50.7 Å². The quantitative estimate of drug-likeness (QED) is 0.198. The summed E-state index contributed by atoms with van der Waals surface area (Å²) in [4.78, 5) is 9.39. The Morgan fingerprint density at radius 3 is 1.90 bits per heavy atom. The summed E-state index contributed by atoms with van der Waals surface area (Å²) in [5.74, 6) is 0. The minimum atomic E-state index is 0.990. The Balaban J connectivity index is 1.20. The summed E-state index contributed by atoms with van der Waals surface area (Å²) in [6.07, 6.45) is 5.89. The fourth-order valence-electron chi connectivity index (χ4n) is 7.41. The molecule has 0 amide bonds. The maximum Gasteiger partial charge on any atom is 0.0724 e. The molecule has 0 saturated heterocycles. The van der Waals surface area contributed by atoms with Gasteiger partial charge in [-0.2, -0.15) is 0 Å². The Labute approximate surface area is 276 Å². The molecule has 10 aromatic rings. The average Bonchev–Trinajstić information content (AvgIpc) is 3.68. The van der Waals surface area contributed by atoms with Gasteiger partial charge in [0.25, 0.3) is 0 Å². The van der Waals surface area contributed by atoms with Crippen LogP contribution in [0.2, 0.25) is 0 Å². The number of fused-ring (bicyclic) bond motifs is 8. The van der Waals surface area contributed by atoms with Crippen LogP contribution >= 0.6 is 0 Å². The predicted octanol–water partition coefficient (Wildman–Crippen LogP) is 11.2. The van der Waals surface area contributed by atoms with Gasteiger partial charge in [0.05, 0.1) is 33.8 Å². The molecule has 0 fully saturated rings. The first kappa shape index (κ1) is 26.7. The van der Waals surface area contributed by atoms with E-state index in [9.17, 15) is 0 Å². The molecule has 0 N–H and O–H groups in total. The zero-order chi connectivity index (χ0) is 31.6. The number of aromatic nitrogens is 4. The summed E-state index contributed by atoms with van der Waals surface area (Å²) in [6.45, 7) is 0. The monoisotopic (exact) mass is 612 g/mol. The summed E-state index contributed by atoms with van der Waals surface area (Å²) in [7, 11) is 0. The van der Waals surface area contributed by atoms with Crippen molar-refractivity contribution in [2.75, 3.05) is 0 Å². The van der Waals surface area contributed by atoms with Crippen LogP contribution in [0.3, 0.4) is 0 Å². The van der Waals surface area contributed by atoms with Crippen molar-refractivity contribution in [1.29, 1.82) is 0 Å². The summed E-state index contributed by atoms with van der Waals surface area (Å²) < 4.78 is 4.72. The van der Waals surface area contributed by atoms with Crippen LogP contribution in [0.5, 0.6) is 0 Å². The highest BCUT2D eigenvalue weighted by molar-refractivity contribution is 6.18. The van der Waals surface area contributed by atoms with Crippen molar-refractivity contribution in [3.8, 4) is 33.6 Å². The molecule has 0 saturated carbocycles. The molecular weight excluding hydrogens is 585 g/mol. The van der Waals surface area contributed by atoms with Crippen LogP contribution in [-0.4, -0.2) is 19.1 Å². The zero-order valence-electron chi connectivity index (χ0n) is 26.0. The van der Waals surface area contributed by atoms with E-state index in [1.165, 1.54) is 43.9 Å². The standard InChI is InChI=1S/C44H28N4/c1-3-9-29(10-4-1)30-15-19-34(20-16-30)48-41-22-18-31(25-38(41)39-27-46-40-14-8-7-13-37(40)44(39)48)32-17-21-35-36-23-24-45-28-43(36)47(42(35)26-32)33-11-5-2-6-12-33/h1-28H. The van der Waals surface area contributed by atoms with Crippen molar-refractivity contribution in [2.45, 2.75) is 0 Å². The van der Waals surface area contributed by atoms with Crippen molar-refractivity contribution in [3.63, 3.8) is 0 Å². The second kappa shape index (κ2) is 10.5. The van der Waals surface area contributed by atoms with Gasteiger partial charge in [-0.1, -0.05) is 97.1 Å². The SMILES string of the molecule is c1ccc(-c2ccc(-n3c4ccc(-c5ccc6c7ccncc7n(-c7ccccc7)c6c5)cc4c4cnc5ccccc5c43)cc2)cc1. The third kappa shape index (κ3) is 4.03. The number of nitrogens with zero attached hydrogens (tertiary/aromatic N) is 4. The van der Waals surface area contributed by atoms with E-state index in [1.54, 1.807) is 0 Å². The van der Waals surface area contributed by atoms with Gasteiger partial charge in [-0.05, 0) is 76.9 Å². The first-order chi connectivity index (χ1) is 23.8. The first-order valence-corrected chi connectivity index (χ1v) is 16.2. The molecule has 4 heterocycles. The van der Waals surface area contributed by atoms with E-state index < -0.39 is 0 Å². The third-order valence-electron chi connectivity index (χ3n) is 9.65. The van der Waals surface area contributed by atoms with Crippen molar-refractivity contribution in [1.82, 2.24) is 19.1 Å². The van der Waals surface area contributed by atoms with Crippen molar-refractivity contribution >= 4 is 54.5 Å². The van der Waals surface area contributed by atoms with Crippen LogP contribution in [0.4, 0.5) is 0 Å². The average molecular weight is 613 g/mol. The highest BCUT2D eigenvalue weighted by atomic mass is 15.0. The number of para-hydroxylation sites is 2. The highest BCUT2D eigenvalue weighted by Crippen LogP contribution is 2.39. The largest absolute Gasteiger partial charge is 0.309 e. The molecule has 4 aromatic heterocycles. The molecule has 0 spiro atoms. The van der Waals surface area contributed by atoms with Gasteiger partial charge in [-0.15, -0.1) is 0 Å². The molecule has 48 heavy (non-hydrogen) atoms. The van der Waals surface area contributed by atoms with Gasteiger partial charge in [-0.25, -0.2) is 0 Å². The Kier molecular flexibility index (Phi) is 5.84. The molecule has 0 radical (unpaired) electrons. The van der Waals surface area contributed by atoms with Gasteiger partial charge in [0.1, 0.15) is 0 Å². The van der Waals surface area contributed by atoms with Crippen molar-refractivity contribution in [2.24, 2.45) is 0 Å². The second-order valence-corrected chi connectivity index (χ2v) is 12.3. The van der Waals surface area contributed by atoms with Crippen LogP contribution in [0.15, 0.2) is 170 Å². The lowest BCUT2D eigenvalue weighted by Crippen LogP contribution is -1.95. The molecule has 4 heteroatoms. The topological polar surface area (TPSA) is 35.6 Å². The van der Waals surface area contributed by atoms with E-state index in [0.29, 0.717) is 0 Å². The van der Waals surface area contributed by atoms with Gasteiger partial charge in [0.15, 0.2) is 0 Å². The number of benzene rings is 6. The Hall–Kier alpha value is -6.52. The van der Waals surface area contributed by atoms with Crippen molar-refractivity contribution < 1.29 is 0 Å². The predicted molar refractivity (Wildman–Crippen MR) is 199 cm³/mol. The van der Waals surface area contributed by atoms with E-state index in [1.807, 2.05) is 18.6 Å². The number of rotatable bonds is 4. The summed E-state index contributed by atoms with van der Waals surface area (Å²) in [5.41, 5.74) is 12.6. The minimum absolute atomic E-state index is 0.990. The molecular formula is C44H28N4. The van der Waals surface area contributed by atoms with Crippen LogP contribution < -0.4 is 0 Å². The van der Waals surface area contributed by atoms with Crippen LogP contribution in [0.1, 0.15) is 0 Å². The first-order valence-electron chi connectivity index (χ1n) is 16.2. The van der Waals surface area contributed by atoms with Gasteiger partial charge in [-0.3, -0.25) is 9.97 Å². The van der Waals surface area contributed by atoms with E-state index in [0.717, 1.165) is 44.2 Å². The smallest absolute Gasteiger partial charge is 0.0724 e. The maximum absolute atomic E-state index is 4.91. The lowest BCUT2D eigenvalue weighted by atomic mass is 10.0. The summed E-state index contributed by atoms with van der Waals surface area (Å²) >= 11 is 0. The Bertz CT molecular complexity index is 2810. The normalized spacial score (nSPS) is 11.8. The number of hydrogen-bond donors (Lipinski definition) is 0. The Morgan fingerprint density at radius 1 is 0.375 bits per heavy atom. The molecule has 4 nitrogen and oxygen atoms in total. The fraction of sp³-hybridized carbons (Fsp3) is 0. The minimum Gasteiger partial charge on any atom is -0.309 e. The highest BCUT2D eigenvalue weighted by Gasteiger charge is 2.18. The van der Waals surface area contributed by atoms with Crippen LogP contribution in [-0.2, 0) is 0 Å². The molecule has 6 aromatic carbocycles. The molecule has 0 unspecified atom stereocenters. The molecule has 0 aliphatic heterocycles. The lowest BCUT2D eigenvalue weighted by molar-refractivity contribution is 1.17. The second-order valence-electron chi connectivity index (χ2n) is 12.3. The molecule has 10 rings (SSSR count). The van der Waals surface area contributed by atoms with Gasteiger partial charge < -0.3 is 9.13 Å². The van der Waals surface area contributed by atoms with Gasteiger partial charge >= 0.3 is 0 Å². The van der Waals surface area contributed by atoms with E-state index in [4.69, 9.17) is 4.98 Å². The van der Waals surface area contributed by atoms with Crippen LogP contribution in [0, 0.1) is 0 Å². The third-order valence-corrected chi connectivity index (χ3v) is 9.65. The summed E-state index contributed by atoms with van der Waals surface area (Å²) in [6, 6.07) is 54.2. The van der Waals surface area contributed by atoms with E-state index >= 15 is 0 Å². The van der Waals surface area contributed by atoms with Crippen LogP contribution in [0.25, 0.3) is 88.1 Å². The number of pyridine rings is 2. The molecule has 0 atom stereocenters.